The molecule has 0 radical (unpaired) electrons. The maximum absolute atomic E-state index is 11.8. The minimum absolute atomic E-state index is 0.00701. The number of carbonyl (C=O) groups excluding carboxylic acids is 2. The van der Waals surface area contributed by atoms with Crippen LogP contribution < -0.4 is 0 Å². The SMILES string of the molecule is CCC(CN1C(=O)CC(C)(C)C1=O)C(=O)O. The smallest absolute Gasteiger partial charge is 0.308 e. The highest BCUT2D eigenvalue weighted by atomic mass is 16.4. The summed E-state index contributed by atoms with van der Waals surface area (Å²) in [7, 11) is 0. The van der Waals surface area contributed by atoms with Crippen molar-refractivity contribution >= 4 is 17.8 Å². The largest absolute Gasteiger partial charge is 0.481 e. The Kier molecular flexibility index (Phi) is 3.35. The monoisotopic (exact) mass is 227 g/mol. The van der Waals surface area contributed by atoms with E-state index in [-0.39, 0.29) is 24.8 Å². The van der Waals surface area contributed by atoms with Crippen LogP contribution in [0.2, 0.25) is 0 Å². The lowest BCUT2D eigenvalue weighted by Gasteiger charge is -2.20. The molecular formula is C11H17NO4. The van der Waals surface area contributed by atoms with E-state index >= 15 is 0 Å². The Morgan fingerprint density at radius 1 is 1.50 bits per heavy atom. The van der Waals surface area contributed by atoms with E-state index in [9.17, 15) is 14.4 Å². The fourth-order valence-electron chi connectivity index (χ4n) is 1.81. The Morgan fingerprint density at radius 2 is 2.06 bits per heavy atom. The van der Waals surface area contributed by atoms with E-state index in [1.807, 2.05) is 0 Å². The molecule has 1 N–H and O–H groups in total. The van der Waals surface area contributed by atoms with Crippen LogP contribution in [0.15, 0.2) is 0 Å². The lowest BCUT2D eigenvalue weighted by molar-refractivity contribution is -0.146. The number of hydrogen-bond acceptors (Lipinski definition) is 3. The summed E-state index contributed by atoms with van der Waals surface area (Å²) in [5, 5.41) is 8.89. The van der Waals surface area contributed by atoms with Crippen LogP contribution >= 0.6 is 0 Å². The molecule has 0 aromatic rings. The molecule has 90 valence electrons. The van der Waals surface area contributed by atoms with Gasteiger partial charge in [-0.1, -0.05) is 20.8 Å². The van der Waals surface area contributed by atoms with Crippen molar-refractivity contribution in [3.8, 4) is 0 Å². The molecule has 1 aliphatic heterocycles. The first-order valence-electron chi connectivity index (χ1n) is 5.37. The fourth-order valence-corrected chi connectivity index (χ4v) is 1.81. The first-order chi connectivity index (χ1) is 7.29. The van der Waals surface area contributed by atoms with Crippen LogP contribution in [0.1, 0.15) is 33.6 Å². The third-order valence-corrected chi connectivity index (χ3v) is 2.96. The maximum atomic E-state index is 11.8. The summed E-state index contributed by atoms with van der Waals surface area (Å²) in [6.07, 6.45) is 0.578. The topological polar surface area (TPSA) is 74.7 Å². The number of carboxylic acids is 1. The Labute approximate surface area is 94.4 Å². The van der Waals surface area contributed by atoms with Crippen LogP contribution in [0.25, 0.3) is 0 Å². The first kappa shape index (κ1) is 12.7. The number of imide groups is 1. The quantitative estimate of drug-likeness (QED) is 0.723. The zero-order chi connectivity index (χ0) is 12.5. The highest BCUT2D eigenvalue weighted by molar-refractivity contribution is 6.05. The molecule has 1 saturated heterocycles. The van der Waals surface area contributed by atoms with Crippen LogP contribution in [0, 0.1) is 11.3 Å². The van der Waals surface area contributed by atoms with Crippen LogP contribution in [-0.2, 0) is 14.4 Å². The number of amides is 2. The molecule has 1 rings (SSSR count). The minimum atomic E-state index is -0.965. The average Bonchev–Trinajstić information content (AvgIpc) is 2.34. The molecule has 0 bridgehead atoms. The van der Waals surface area contributed by atoms with E-state index < -0.39 is 17.3 Å². The second-order valence-electron chi connectivity index (χ2n) is 4.81. The second-order valence-corrected chi connectivity index (χ2v) is 4.81. The third-order valence-electron chi connectivity index (χ3n) is 2.96. The first-order valence-corrected chi connectivity index (χ1v) is 5.37. The number of carbonyl (C=O) groups is 3. The summed E-state index contributed by atoms with van der Waals surface area (Å²) in [5.74, 6) is -2.17. The Hall–Kier alpha value is -1.39. The van der Waals surface area contributed by atoms with Crippen molar-refractivity contribution < 1.29 is 19.5 Å². The van der Waals surface area contributed by atoms with Gasteiger partial charge in [0.1, 0.15) is 0 Å². The standard InChI is InChI=1S/C11H17NO4/c1-4-7(9(14)15)6-12-8(13)5-11(2,3)10(12)16/h7H,4-6H2,1-3H3,(H,14,15). The van der Waals surface area contributed by atoms with Gasteiger partial charge in [-0.05, 0) is 6.42 Å². The van der Waals surface area contributed by atoms with E-state index in [1.54, 1.807) is 20.8 Å². The van der Waals surface area contributed by atoms with Gasteiger partial charge in [-0.15, -0.1) is 0 Å². The summed E-state index contributed by atoms with van der Waals surface area (Å²) < 4.78 is 0. The van der Waals surface area contributed by atoms with Crippen LogP contribution in [-0.4, -0.2) is 34.3 Å². The van der Waals surface area contributed by atoms with E-state index in [0.29, 0.717) is 6.42 Å². The molecule has 0 spiro atoms. The second kappa shape index (κ2) is 4.23. The number of likely N-dealkylation sites (tertiary alicyclic amines) is 1. The highest BCUT2D eigenvalue weighted by Gasteiger charge is 2.45. The fraction of sp³-hybridized carbons (Fsp3) is 0.727. The van der Waals surface area contributed by atoms with Crippen molar-refractivity contribution in [3.63, 3.8) is 0 Å². The molecule has 2 amide bonds. The summed E-state index contributed by atoms with van der Waals surface area (Å²) in [4.78, 5) is 35.3. The van der Waals surface area contributed by atoms with Gasteiger partial charge in [-0.2, -0.15) is 0 Å². The van der Waals surface area contributed by atoms with Crippen molar-refractivity contribution in [1.29, 1.82) is 0 Å². The maximum Gasteiger partial charge on any atom is 0.308 e. The third kappa shape index (κ3) is 2.23. The zero-order valence-corrected chi connectivity index (χ0v) is 9.82. The van der Waals surface area contributed by atoms with Crippen molar-refractivity contribution in [1.82, 2.24) is 4.90 Å². The highest BCUT2D eigenvalue weighted by Crippen LogP contribution is 2.32. The Bertz CT molecular complexity index is 335. The van der Waals surface area contributed by atoms with Gasteiger partial charge in [0.2, 0.25) is 11.8 Å². The zero-order valence-electron chi connectivity index (χ0n) is 9.82. The van der Waals surface area contributed by atoms with Gasteiger partial charge in [-0.3, -0.25) is 19.3 Å². The summed E-state index contributed by atoms with van der Waals surface area (Å²) in [5.41, 5.74) is -0.687. The van der Waals surface area contributed by atoms with Gasteiger partial charge in [0, 0.05) is 13.0 Å². The van der Waals surface area contributed by atoms with Crippen molar-refractivity contribution in [2.24, 2.45) is 11.3 Å². The minimum Gasteiger partial charge on any atom is -0.481 e. The van der Waals surface area contributed by atoms with E-state index in [1.165, 1.54) is 0 Å². The molecule has 1 aliphatic rings. The molecule has 5 heteroatoms. The molecule has 0 aromatic carbocycles. The summed E-state index contributed by atoms with van der Waals surface area (Å²) in [6, 6.07) is 0. The Balaban J connectivity index is 2.79. The Morgan fingerprint density at radius 3 is 2.38 bits per heavy atom. The van der Waals surface area contributed by atoms with Crippen molar-refractivity contribution in [2.45, 2.75) is 33.6 Å². The number of aliphatic carboxylic acids is 1. The number of carboxylic acid groups (broad SMARTS) is 1. The number of rotatable bonds is 4. The summed E-state index contributed by atoms with van der Waals surface area (Å²) in [6.45, 7) is 5.13. The van der Waals surface area contributed by atoms with Gasteiger partial charge < -0.3 is 5.11 Å². The van der Waals surface area contributed by atoms with Crippen molar-refractivity contribution in [2.75, 3.05) is 6.54 Å². The molecule has 1 unspecified atom stereocenters. The predicted octanol–water partition coefficient (Wildman–Crippen LogP) is 0.882. The molecule has 16 heavy (non-hydrogen) atoms. The molecule has 1 heterocycles. The normalized spacial score (nSPS) is 21.3. The molecule has 0 saturated carbocycles. The average molecular weight is 227 g/mol. The lowest BCUT2D eigenvalue weighted by Crippen LogP contribution is -2.38. The van der Waals surface area contributed by atoms with E-state index in [2.05, 4.69) is 0 Å². The van der Waals surface area contributed by atoms with E-state index in [0.717, 1.165) is 4.90 Å². The van der Waals surface area contributed by atoms with Crippen LogP contribution in [0.3, 0.4) is 0 Å². The van der Waals surface area contributed by atoms with Gasteiger partial charge in [0.15, 0.2) is 0 Å². The number of nitrogens with zero attached hydrogens (tertiary/aromatic N) is 1. The van der Waals surface area contributed by atoms with Crippen molar-refractivity contribution in [3.05, 3.63) is 0 Å². The van der Waals surface area contributed by atoms with Crippen LogP contribution in [0.5, 0.6) is 0 Å². The molecule has 1 atom stereocenters. The molecule has 0 aromatic heterocycles. The molecule has 1 fully saturated rings. The van der Waals surface area contributed by atoms with Gasteiger partial charge in [0.25, 0.3) is 0 Å². The van der Waals surface area contributed by atoms with Crippen LogP contribution in [0.4, 0.5) is 0 Å². The number of hydrogen-bond donors (Lipinski definition) is 1. The van der Waals surface area contributed by atoms with Gasteiger partial charge in [-0.25, -0.2) is 0 Å². The molecule has 0 aliphatic carbocycles. The molecule has 5 nitrogen and oxygen atoms in total. The molecular weight excluding hydrogens is 210 g/mol. The summed E-state index contributed by atoms with van der Waals surface area (Å²) >= 11 is 0. The lowest BCUT2D eigenvalue weighted by atomic mass is 9.92. The van der Waals surface area contributed by atoms with Gasteiger partial charge in [0.05, 0.1) is 11.3 Å². The predicted molar refractivity (Wildman–Crippen MR) is 56.5 cm³/mol. The van der Waals surface area contributed by atoms with E-state index in [4.69, 9.17) is 5.11 Å². The van der Waals surface area contributed by atoms with Gasteiger partial charge >= 0.3 is 5.97 Å².